The Morgan fingerprint density at radius 3 is 2.40 bits per heavy atom. The van der Waals surface area contributed by atoms with Crippen LogP contribution in [0.4, 0.5) is 0 Å². The van der Waals surface area contributed by atoms with E-state index in [9.17, 15) is 0 Å². The Balaban J connectivity index is 2.58. The van der Waals surface area contributed by atoms with Gasteiger partial charge in [0.25, 0.3) is 0 Å². The lowest BCUT2D eigenvalue weighted by atomic mass is 9.85. The summed E-state index contributed by atoms with van der Waals surface area (Å²) in [6.07, 6.45) is 6.91. The van der Waals surface area contributed by atoms with Gasteiger partial charge in [-0.2, -0.15) is 0 Å². The van der Waals surface area contributed by atoms with Crippen LogP contribution in [0.15, 0.2) is 24.3 Å². The van der Waals surface area contributed by atoms with Gasteiger partial charge in [0, 0.05) is 6.61 Å². The van der Waals surface area contributed by atoms with Crippen LogP contribution in [0.2, 0.25) is 18.1 Å². The number of hydrogen-bond donors (Lipinski definition) is 0. The summed E-state index contributed by atoms with van der Waals surface area (Å²) in [6.45, 7) is 21.4. The lowest BCUT2D eigenvalue weighted by Crippen LogP contribution is -2.46. The maximum atomic E-state index is 6.48. The van der Waals surface area contributed by atoms with E-state index in [2.05, 4.69) is 66.4 Å². The van der Waals surface area contributed by atoms with Crippen molar-refractivity contribution in [2.45, 2.75) is 65.6 Å². The third-order valence-electron chi connectivity index (χ3n) is 5.81. The first kappa shape index (κ1) is 17.7. The average Bonchev–Trinajstić information content (AvgIpc) is 2.36. The molecule has 2 atom stereocenters. The summed E-state index contributed by atoms with van der Waals surface area (Å²) in [5, 5.41) is 0.309. The first-order valence-corrected chi connectivity index (χ1v) is 11.0. The van der Waals surface area contributed by atoms with Gasteiger partial charge in [-0.1, -0.05) is 58.9 Å². The molecule has 0 saturated carbocycles. The second-order valence-corrected chi connectivity index (χ2v) is 12.5. The normalized spacial score (nSPS) is 22.4. The fourth-order valence-electron chi connectivity index (χ4n) is 2.61. The van der Waals surface area contributed by atoms with E-state index >= 15 is 0 Å². The summed E-state index contributed by atoms with van der Waals surface area (Å²) in [6, 6.07) is 0. The van der Waals surface area contributed by atoms with Gasteiger partial charge < -0.3 is 4.43 Å². The predicted molar refractivity (Wildman–Crippen MR) is 92.5 cm³/mol. The second kappa shape index (κ2) is 6.61. The van der Waals surface area contributed by atoms with Gasteiger partial charge in [0.15, 0.2) is 8.32 Å². The molecule has 2 heteroatoms. The third kappa shape index (κ3) is 4.08. The smallest absolute Gasteiger partial charge is 0.192 e. The predicted octanol–water partition coefficient (Wildman–Crippen LogP) is 5.80. The highest BCUT2D eigenvalue weighted by Crippen LogP contribution is 2.45. The van der Waals surface area contributed by atoms with Crippen LogP contribution in [0.25, 0.3) is 0 Å². The Kier molecular flexibility index (Phi) is 5.86. The molecule has 0 spiro atoms. The SMILES string of the molecule is C=C1C=C[C@H]([C@@H](C)CO[Si](C)(C)C(C)(C)C(C)C)CC1. The Morgan fingerprint density at radius 1 is 1.35 bits per heavy atom. The highest BCUT2D eigenvalue weighted by molar-refractivity contribution is 6.74. The molecule has 0 amide bonds. The van der Waals surface area contributed by atoms with E-state index in [1.165, 1.54) is 12.0 Å². The zero-order chi connectivity index (χ0) is 15.6. The monoisotopic (exact) mass is 294 g/mol. The number of hydrogen-bond acceptors (Lipinski definition) is 1. The zero-order valence-electron chi connectivity index (χ0n) is 14.6. The van der Waals surface area contributed by atoms with Crippen molar-refractivity contribution in [2.75, 3.05) is 6.61 Å². The zero-order valence-corrected chi connectivity index (χ0v) is 15.6. The van der Waals surface area contributed by atoms with Crippen molar-refractivity contribution in [1.82, 2.24) is 0 Å². The minimum Gasteiger partial charge on any atom is -0.417 e. The first-order valence-electron chi connectivity index (χ1n) is 8.08. The fourth-order valence-corrected chi connectivity index (χ4v) is 5.05. The molecule has 0 radical (unpaired) electrons. The van der Waals surface area contributed by atoms with Gasteiger partial charge >= 0.3 is 0 Å². The van der Waals surface area contributed by atoms with E-state index in [4.69, 9.17) is 4.43 Å². The van der Waals surface area contributed by atoms with Gasteiger partial charge in [-0.3, -0.25) is 0 Å². The maximum Gasteiger partial charge on any atom is 0.192 e. The van der Waals surface area contributed by atoms with Crippen LogP contribution < -0.4 is 0 Å². The summed E-state index contributed by atoms with van der Waals surface area (Å²) in [7, 11) is -1.68. The van der Waals surface area contributed by atoms with Crippen LogP contribution in [-0.4, -0.2) is 14.9 Å². The number of rotatable bonds is 6. The topological polar surface area (TPSA) is 9.23 Å². The van der Waals surface area contributed by atoms with Crippen molar-refractivity contribution in [2.24, 2.45) is 17.8 Å². The van der Waals surface area contributed by atoms with E-state index in [1.54, 1.807) is 0 Å². The minimum absolute atomic E-state index is 0.309. The van der Waals surface area contributed by atoms with Gasteiger partial charge in [0.05, 0.1) is 0 Å². The molecule has 1 nitrogen and oxygen atoms in total. The number of allylic oxidation sites excluding steroid dienone is 3. The van der Waals surface area contributed by atoms with Gasteiger partial charge in [-0.25, -0.2) is 0 Å². The summed E-state index contributed by atoms with van der Waals surface area (Å²) < 4.78 is 6.48. The van der Waals surface area contributed by atoms with E-state index in [0.717, 1.165) is 13.0 Å². The van der Waals surface area contributed by atoms with Crippen LogP contribution in [0.5, 0.6) is 0 Å². The first-order chi connectivity index (χ1) is 9.08. The Hall–Kier alpha value is -0.343. The highest BCUT2D eigenvalue weighted by atomic mass is 28.4. The van der Waals surface area contributed by atoms with Crippen molar-refractivity contribution >= 4 is 8.32 Å². The Labute approximate surface area is 127 Å². The third-order valence-corrected chi connectivity index (χ3v) is 10.4. The van der Waals surface area contributed by atoms with Gasteiger partial charge in [0.1, 0.15) is 0 Å². The van der Waals surface area contributed by atoms with Gasteiger partial charge in [0.2, 0.25) is 0 Å². The van der Waals surface area contributed by atoms with E-state index in [-0.39, 0.29) is 0 Å². The van der Waals surface area contributed by atoms with Crippen LogP contribution in [-0.2, 0) is 4.43 Å². The van der Waals surface area contributed by atoms with Crippen molar-refractivity contribution in [3.05, 3.63) is 24.3 Å². The molecule has 0 fully saturated rings. The largest absolute Gasteiger partial charge is 0.417 e. The molecule has 0 aromatic rings. The molecule has 0 aromatic heterocycles. The summed E-state index contributed by atoms with van der Waals surface area (Å²) in [5.41, 5.74) is 1.27. The molecule has 1 aliphatic rings. The van der Waals surface area contributed by atoms with Crippen molar-refractivity contribution in [3.8, 4) is 0 Å². The quantitative estimate of drug-likeness (QED) is 0.562. The highest BCUT2D eigenvalue weighted by Gasteiger charge is 2.43. The Morgan fingerprint density at radius 2 is 1.95 bits per heavy atom. The molecular weight excluding hydrogens is 260 g/mol. The van der Waals surface area contributed by atoms with Crippen LogP contribution in [0, 0.1) is 17.8 Å². The van der Waals surface area contributed by atoms with Gasteiger partial charge in [-0.15, -0.1) is 0 Å². The lowest BCUT2D eigenvalue weighted by Gasteiger charge is -2.43. The van der Waals surface area contributed by atoms with Gasteiger partial charge in [-0.05, 0) is 48.7 Å². The molecule has 0 bridgehead atoms. The van der Waals surface area contributed by atoms with E-state index < -0.39 is 8.32 Å². The average molecular weight is 295 g/mol. The minimum atomic E-state index is -1.68. The summed E-state index contributed by atoms with van der Waals surface area (Å²) in [4.78, 5) is 0. The fraction of sp³-hybridized carbons (Fsp3) is 0.778. The van der Waals surface area contributed by atoms with Crippen LogP contribution >= 0.6 is 0 Å². The Bertz CT molecular complexity index is 366. The van der Waals surface area contributed by atoms with Crippen LogP contribution in [0.3, 0.4) is 0 Å². The molecule has 0 saturated heterocycles. The molecule has 0 unspecified atom stereocenters. The summed E-state index contributed by atoms with van der Waals surface area (Å²) >= 11 is 0. The van der Waals surface area contributed by atoms with Crippen molar-refractivity contribution < 1.29 is 4.43 Å². The van der Waals surface area contributed by atoms with E-state index in [0.29, 0.717) is 22.8 Å². The standard InChI is InChI=1S/C18H34OSi/c1-14(2)18(5,6)20(7,8)19-13-16(4)17-11-9-15(3)10-12-17/h9,11,14,16-17H,3,10,12-13H2,1-2,4-8H3/t16-,17-/m0/s1. The molecule has 116 valence electrons. The summed E-state index contributed by atoms with van der Waals surface area (Å²) in [5.74, 6) is 1.93. The molecule has 0 heterocycles. The molecule has 1 rings (SSSR count). The van der Waals surface area contributed by atoms with Crippen molar-refractivity contribution in [1.29, 1.82) is 0 Å². The lowest BCUT2D eigenvalue weighted by molar-refractivity contribution is 0.195. The second-order valence-electron chi connectivity index (χ2n) is 7.89. The van der Waals surface area contributed by atoms with Crippen LogP contribution in [0.1, 0.15) is 47.5 Å². The molecule has 0 aromatic carbocycles. The maximum absolute atomic E-state index is 6.48. The molecular formula is C18H34OSi. The molecule has 0 N–H and O–H groups in total. The molecule has 20 heavy (non-hydrogen) atoms. The molecule has 1 aliphatic carbocycles. The van der Waals surface area contributed by atoms with E-state index in [1.807, 2.05) is 0 Å². The van der Waals surface area contributed by atoms with Crippen molar-refractivity contribution in [3.63, 3.8) is 0 Å². The molecule has 0 aliphatic heterocycles.